The number of thiazole rings is 1. The average Bonchev–Trinajstić information content (AvgIpc) is 2.97. The molecule has 1 N–H and O–H groups in total. The van der Waals surface area contributed by atoms with E-state index >= 15 is 0 Å². The quantitative estimate of drug-likeness (QED) is 0.882. The van der Waals surface area contributed by atoms with Crippen LogP contribution < -0.4 is 14.8 Å². The third-order valence-corrected chi connectivity index (χ3v) is 3.85. The molecule has 1 unspecified atom stereocenters. The van der Waals surface area contributed by atoms with E-state index < -0.39 is 0 Å². The highest BCUT2D eigenvalue weighted by molar-refractivity contribution is 7.09. The maximum Gasteiger partial charge on any atom is 0.127 e. The van der Waals surface area contributed by atoms with Gasteiger partial charge in [-0.25, -0.2) is 0 Å². The molecule has 0 amide bonds. The van der Waals surface area contributed by atoms with Crippen molar-refractivity contribution in [3.8, 4) is 11.5 Å². The molecule has 2 rings (SSSR count). The summed E-state index contributed by atoms with van der Waals surface area (Å²) in [5.41, 5.74) is 2.89. The van der Waals surface area contributed by atoms with Crippen LogP contribution >= 0.6 is 11.3 Å². The van der Waals surface area contributed by atoms with E-state index in [1.54, 1.807) is 25.6 Å². The summed E-state index contributed by atoms with van der Waals surface area (Å²) < 4.78 is 10.9. The molecular weight excluding hydrogens is 260 g/mol. The number of nitrogens with one attached hydrogen (secondary N) is 1. The molecule has 0 saturated carbocycles. The van der Waals surface area contributed by atoms with Crippen LogP contribution in [0.15, 0.2) is 29.9 Å². The minimum Gasteiger partial charge on any atom is -0.496 e. The van der Waals surface area contributed by atoms with Crippen molar-refractivity contribution in [2.75, 3.05) is 21.3 Å². The smallest absolute Gasteiger partial charge is 0.127 e. The van der Waals surface area contributed by atoms with Gasteiger partial charge in [0.05, 0.1) is 25.3 Å². The van der Waals surface area contributed by atoms with Crippen LogP contribution in [0, 0.1) is 0 Å². The van der Waals surface area contributed by atoms with Gasteiger partial charge in [-0.05, 0) is 19.2 Å². The Kier molecular flexibility index (Phi) is 4.76. The largest absolute Gasteiger partial charge is 0.496 e. The predicted octanol–water partition coefficient (Wildman–Crippen LogP) is 2.66. The lowest BCUT2D eigenvalue weighted by molar-refractivity contribution is 0.373. The second-order valence-electron chi connectivity index (χ2n) is 4.09. The van der Waals surface area contributed by atoms with E-state index in [0.717, 1.165) is 23.5 Å². The molecule has 0 aliphatic carbocycles. The van der Waals surface area contributed by atoms with Crippen LogP contribution in [0.4, 0.5) is 0 Å². The summed E-state index contributed by atoms with van der Waals surface area (Å²) >= 11 is 1.66. The number of aromatic nitrogens is 1. The Balaban J connectivity index is 2.36. The van der Waals surface area contributed by atoms with Crippen LogP contribution in [0.2, 0.25) is 0 Å². The minimum atomic E-state index is 0.131. The number of hydrogen-bond donors (Lipinski definition) is 1. The van der Waals surface area contributed by atoms with Crippen LogP contribution in [0.25, 0.3) is 0 Å². The molecule has 1 aromatic carbocycles. The Bertz CT molecular complexity index is 492. The fourth-order valence-electron chi connectivity index (χ4n) is 2.12. The van der Waals surface area contributed by atoms with Crippen molar-refractivity contribution in [2.24, 2.45) is 0 Å². The van der Waals surface area contributed by atoms with Gasteiger partial charge in [0.1, 0.15) is 11.5 Å². The fourth-order valence-corrected chi connectivity index (χ4v) is 2.76. The number of likely N-dealkylation sites (N-methyl/N-ethyl adjacent to an activating group) is 1. The normalized spacial score (nSPS) is 12.2. The number of rotatable bonds is 6. The summed E-state index contributed by atoms with van der Waals surface area (Å²) in [4.78, 5) is 5.35. The van der Waals surface area contributed by atoms with E-state index in [1.807, 2.05) is 37.0 Å². The summed E-state index contributed by atoms with van der Waals surface area (Å²) in [5, 5.41) is 3.32. The lowest BCUT2D eigenvalue weighted by Gasteiger charge is -2.21. The monoisotopic (exact) mass is 278 g/mol. The van der Waals surface area contributed by atoms with Crippen LogP contribution in [-0.2, 0) is 6.42 Å². The summed E-state index contributed by atoms with van der Waals surface area (Å²) in [6, 6.07) is 5.97. The fraction of sp³-hybridized carbons (Fsp3) is 0.357. The summed E-state index contributed by atoms with van der Waals surface area (Å²) in [6.07, 6.45) is 2.76. The molecule has 1 atom stereocenters. The third-order valence-electron chi connectivity index (χ3n) is 3.05. The van der Waals surface area contributed by atoms with Gasteiger partial charge in [0, 0.05) is 23.5 Å². The van der Waals surface area contributed by atoms with Gasteiger partial charge in [-0.15, -0.1) is 11.3 Å². The molecule has 0 aliphatic rings. The first-order valence-electron chi connectivity index (χ1n) is 6.05. The Labute approximate surface area is 117 Å². The van der Waals surface area contributed by atoms with Crippen molar-refractivity contribution < 1.29 is 9.47 Å². The Morgan fingerprint density at radius 3 is 2.42 bits per heavy atom. The highest BCUT2D eigenvalue weighted by atomic mass is 32.1. The number of methoxy groups -OCH3 is 2. The maximum atomic E-state index is 5.46. The molecule has 4 nitrogen and oxygen atoms in total. The molecule has 0 radical (unpaired) electrons. The van der Waals surface area contributed by atoms with Crippen molar-refractivity contribution in [3.63, 3.8) is 0 Å². The first-order chi connectivity index (χ1) is 9.30. The number of benzene rings is 1. The molecule has 0 spiro atoms. The summed E-state index contributed by atoms with van der Waals surface area (Å²) in [6.45, 7) is 0. The first kappa shape index (κ1) is 13.8. The molecule has 1 heterocycles. The van der Waals surface area contributed by atoms with Gasteiger partial charge in [0.15, 0.2) is 0 Å². The highest BCUT2D eigenvalue weighted by Gasteiger charge is 2.20. The molecule has 19 heavy (non-hydrogen) atoms. The van der Waals surface area contributed by atoms with Crippen molar-refractivity contribution in [2.45, 2.75) is 12.5 Å². The van der Waals surface area contributed by atoms with Crippen LogP contribution in [0.3, 0.4) is 0 Å². The highest BCUT2D eigenvalue weighted by Crippen LogP contribution is 2.35. The standard InChI is InChI=1S/C14H18N2O2S/c1-15-11(7-10-8-16-9-19-10)14-12(17-2)5-4-6-13(14)18-3/h4-6,8-9,11,15H,7H2,1-3H3. The molecular formula is C14H18N2O2S. The summed E-state index contributed by atoms with van der Waals surface area (Å²) in [5.74, 6) is 1.67. The van der Waals surface area contributed by atoms with E-state index in [4.69, 9.17) is 9.47 Å². The SMILES string of the molecule is CNC(Cc1cncs1)c1c(OC)cccc1OC. The van der Waals surface area contributed by atoms with Gasteiger partial charge in [-0.3, -0.25) is 4.98 Å². The minimum absolute atomic E-state index is 0.131. The van der Waals surface area contributed by atoms with E-state index in [9.17, 15) is 0 Å². The Hall–Kier alpha value is -1.59. The number of nitrogens with zero attached hydrogens (tertiary/aromatic N) is 1. The molecule has 0 fully saturated rings. The zero-order chi connectivity index (χ0) is 13.7. The lowest BCUT2D eigenvalue weighted by Crippen LogP contribution is -2.20. The van der Waals surface area contributed by atoms with E-state index in [1.165, 1.54) is 4.88 Å². The number of ether oxygens (including phenoxy) is 2. The van der Waals surface area contributed by atoms with Gasteiger partial charge in [0.25, 0.3) is 0 Å². The zero-order valence-corrected chi connectivity index (χ0v) is 12.2. The molecule has 0 aliphatic heterocycles. The summed E-state index contributed by atoms with van der Waals surface area (Å²) in [7, 11) is 5.30. The predicted molar refractivity (Wildman–Crippen MR) is 77.2 cm³/mol. The van der Waals surface area contributed by atoms with E-state index in [2.05, 4.69) is 10.3 Å². The lowest BCUT2D eigenvalue weighted by atomic mass is 10.0. The van der Waals surface area contributed by atoms with Gasteiger partial charge >= 0.3 is 0 Å². The van der Waals surface area contributed by atoms with Crippen molar-refractivity contribution in [3.05, 3.63) is 40.3 Å². The molecule has 2 aromatic rings. The van der Waals surface area contributed by atoms with Crippen LogP contribution in [0.1, 0.15) is 16.5 Å². The second kappa shape index (κ2) is 6.54. The number of hydrogen-bond acceptors (Lipinski definition) is 5. The van der Waals surface area contributed by atoms with E-state index in [-0.39, 0.29) is 6.04 Å². The Morgan fingerprint density at radius 2 is 1.95 bits per heavy atom. The molecule has 5 heteroatoms. The zero-order valence-electron chi connectivity index (χ0n) is 11.3. The molecule has 102 valence electrons. The van der Waals surface area contributed by atoms with Crippen LogP contribution in [-0.4, -0.2) is 26.3 Å². The second-order valence-corrected chi connectivity index (χ2v) is 5.06. The van der Waals surface area contributed by atoms with E-state index in [0.29, 0.717) is 0 Å². The van der Waals surface area contributed by atoms with Gasteiger partial charge < -0.3 is 14.8 Å². The van der Waals surface area contributed by atoms with Crippen molar-refractivity contribution >= 4 is 11.3 Å². The van der Waals surface area contributed by atoms with Crippen LogP contribution in [0.5, 0.6) is 11.5 Å². The maximum absolute atomic E-state index is 5.46. The van der Waals surface area contributed by atoms with Gasteiger partial charge in [-0.2, -0.15) is 0 Å². The van der Waals surface area contributed by atoms with Crippen molar-refractivity contribution in [1.29, 1.82) is 0 Å². The average molecular weight is 278 g/mol. The van der Waals surface area contributed by atoms with Gasteiger partial charge in [0.2, 0.25) is 0 Å². The topological polar surface area (TPSA) is 43.4 Å². The van der Waals surface area contributed by atoms with Gasteiger partial charge in [-0.1, -0.05) is 6.07 Å². The molecule has 0 saturated heterocycles. The molecule has 1 aromatic heterocycles. The van der Waals surface area contributed by atoms with Crippen molar-refractivity contribution in [1.82, 2.24) is 10.3 Å². The molecule has 0 bridgehead atoms. The first-order valence-corrected chi connectivity index (χ1v) is 6.93. The Morgan fingerprint density at radius 1 is 1.26 bits per heavy atom. The third kappa shape index (κ3) is 3.05.